The van der Waals surface area contributed by atoms with Crippen LogP contribution < -0.4 is 11.1 Å². The highest BCUT2D eigenvalue weighted by atomic mass is 35.5. The van der Waals surface area contributed by atoms with E-state index in [0.717, 1.165) is 17.0 Å². The van der Waals surface area contributed by atoms with Gasteiger partial charge in [0.05, 0.1) is 0 Å². The quantitative estimate of drug-likeness (QED) is 0.745. The molecule has 0 radical (unpaired) electrons. The molecule has 0 saturated heterocycles. The molecule has 0 unspecified atom stereocenters. The maximum absolute atomic E-state index is 11.4. The van der Waals surface area contributed by atoms with Crippen LogP contribution in [0.15, 0.2) is 24.3 Å². The fourth-order valence-electron chi connectivity index (χ4n) is 1.37. The van der Waals surface area contributed by atoms with Crippen molar-refractivity contribution in [2.24, 2.45) is 5.73 Å². The molecular weight excluding hydrogens is 224 g/mol. The summed E-state index contributed by atoms with van der Waals surface area (Å²) < 4.78 is 0. The summed E-state index contributed by atoms with van der Waals surface area (Å²) in [6, 6.07) is 7.58. The third kappa shape index (κ3) is 4.64. The van der Waals surface area contributed by atoms with Crippen LogP contribution in [0.2, 0.25) is 5.02 Å². The summed E-state index contributed by atoms with van der Waals surface area (Å²) in [5.74, 6) is 0.0494. The minimum Gasteiger partial charge on any atom is -0.356 e. The first kappa shape index (κ1) is 13.0. The third-order valence-electron chi connectivity index (χ3n) is 2.28. The molecule has 0 bridgehead atoms. The van der Waals surface area contributed by atoms with Gasteiger partial charge in [-0.1, -0.05) is 29.8 Å². The van der Waals surface area contributed by atoms with Gasteiger partial charge in [0.25, 0.3) is 0 Å². The summed E-state index contributed by atoms with van der Waals surface area (Å²) in [5, 5.41) is 3.53. The van der Waals surface area contributed by atoms with Crippen molar-refractivity contribution in [3.8, 4) is 0 Å². The number of rotatable bonds is 6. The van der Waals surface area contributed by atoms with E-state index in [1.165, 1.54) is 0 Å². The molecular formula is C12H17ClN2O. The van der Waals surface area contributed by atoms with Gasteiger partial charge in [-0.25, -0.2) is 0 Å². The highest BCUT2D eigenvalue weighted by Crippen LogP contribution is 2.16. The number of carbonyl (C=O) groups excluding carboxylic acids is 1. The van der Waals surface area contributed by atoms with Crippen LogP contribution in [0.1, 0.15) is 18.4 Å². The Morgan fingerprint density at radius 3 is 2.81 bits per heavy atom. The van der Waals surface area contributed by atoms with Crippen LogP contribution in [0.5, 0.6) is 0 Å². The molecule has 0 fully saturated rings. The Balaban J connectivity index is 2.29. The molecule has 0 saturated carbocycles. The maximum atomic E-state index is 11.4. The molecule has 0 aliphatic carbocycles. The first-order valence-corrected chi connectivity index (χ1v) is 5.82. The van der Waals surface area contributed by atoms with Crippen LogP contribution in [0.3, 0.4) is 0 Å². The number of benzene rings is 1. The molecule has 1 aromatic rings. The molecule has 0 spiro atoms. The van der Waals surface area contributed by atoms with Crippen molar-refractivity contribution in [1.82, 2.24) is 5.32 Å². The number of nitrogens with two attached hydrogens (primary N) is 1. The molecule has 1 aromatic carbocycles. The van der Waals surface area contributed by atoms with Crippen LogP contribution >= 0.6 is 11.6 Å². The lowest BCUT2D eigenvalue weighted by molar-refractivity contribution is -0.121. The zero-order valence-electron chi connectivity index (χ0n) is 9.21. The molecule has 1 amide bonds. The zero-order valence-corrected chi connectivity index (χ0v) is 9.96. The van der Waals surface area contributed by atoms with E-state index < -0.39 is 0 Å². The van der Waals surface area contributed by atoms with E-state index in [1.54, 1.807) is 0 Å². The predicted octanol–water partition coefficient (Wildman–Crippen LogP) is 1.74. The van der Waals surface area contributed by atoms with Crippen molar-refractivity contribution in [1.29, 1.82) is 0 Å². The standard InChI is InChI=1S/C12H17ClN2O/c13-11-5-2-1-4-10(11)6-7-12(16)15-9-3-8-14/h1-2,4-5H,3,6-9,14H2,(H,15,16). The highest BCUT2D eigenvalue weighted by molar-refractivity contribution is 6.31. The summed E-state index contributed by atoms with van der Waals surface area (Å²) in [7, 11) is 0. The molecule has 0 aliphatic rings. The Bertz CT molecular complexity index is 342. The molecule has 3 N–H and O–H groups in total. The van der Waals surface area contributed by atoms with E-state index in [4.69, 9.17) is 17.3 Å². The van der Waals surface area contributed by atoms with E-state index in [-0.39, 0.29) is 5.91 Å². The topological polar surface area (TPSA) is 55.1 Å². The third-order valence-corrected chi connectivity index (χ3v) is 2.65. The summed E-state index contributed by atoms with van der Waals surface area (Å²) in [6.07, 6.45) is 1.96. The minimum absolute atomic E-state index is 0.0494. The number of aryl methyl sites for hydroxylation is 1. The summed E-state index contributed by atoms with van der Waals surface area (Å²) >= 11 is 5.99. The average molecular weight is 241 g/mol. The largest absolute Gasteiger partial charge is 0.356 e. The zero-order chi connectivity index (χ0) is 11.8. The second-order valence-corrected chi connectivity index (χ2v) is 3.99. The van der Waals surface area contributed by atoms with Crippen molar-refractivity contribution < 1.29 is 4.79 Å². The molecule has 4 heteroatoms. The number of halogens is 1. The van der Waals surface area contributed by atoms with Crippen molar-refractivity contribution in [3.05, 3.63) is 34.9 Å². The summed E-state index contributed by atoms with van der Waals surface area (Å²) in [6.45, 7) is 1.25. The van der Waals surface area contributed by atoms with Crippen LogP contribution in [-0.2, 0) is 11.2 Å². The smallest absolute Gasteiger partial charge is 0.220 e. The number of amides is 1. The molecule has 0 aliphatic heterocycles. The van der Waals surface area contributed by atoms with Gasteiger partial charge in [-0.2, -0.15) is 0 Å². The predicted molar refractivity (Wildman–Crippen MR) is 66.5 cm³/mol. The average Bonchev–Trinajstić information content (AvgIpc) is 2.28. The molecule has 0 atom stereocenters. The van der Waals surface area contributed by atoms with Crippen molar-refractivity contribution in [2.75, 3.05) is 13.1 Å². The first-order chi connectivity index (χ1) is 7.74. The SMILES string of the molecule is NCCCNC(=O)CCc1ccccc1Cl. The molecule has 1 rings (SSSR count). The molecule has 0 aromatic heterocycles. The normalized spacial score (nSPS) is 10.1. The Morgan fingerprint density at radius 2 is 2.12 bits per heavy atom. The van der Waals surface area contributed by atoms with Gasteiger partial charge in [0.15, 0.2) is 0 Å². The second kappa shape index (κ2) is 7.25. The van der Waals surface area contributed by atoms with Gasteiger partial charge in [-0.15, -0.1) is 0 Å². The van der Waals surface area contributed by atoms with Gasteiger partial charge in [0, 0.05) is 18.0 Å². The van der Waals surface area contributed by atoms with Gasteiger partial charge in [0.1, 0.15) is 0 Å². The lowest BCUT2D eigenvalue weighted by Crippen LogP contribution is -2.26. The van der Waals surface area contributed by atoms with E-state index in [9.17, 15) is 4.79 Å². The fourth-order valence-corrected chi connectivity index (χ4v) is 1.60. The maximum Gasteiger partial charge on any atom is 0.220 e. The van der Waals surface area contributed by atoms with Crippen LogP contribution in [0.25, 0.3) is 0 Å². The van der Waals surface area contributed by atoms with Crippen molar-refractivity contribution in [2.45, 2.75) is 19.3 Å². The lowest BCUT2D eigenvalue weighted by Gasteiger charge is -2.05. The second-order valence-electron chi connectivity index (χ2n) is 3.58. The Morgan fingerprint density at radius 1 is 1.38 bits per heavy atom. The number of hydrogen-bond donors (Lipinski definition) is 2. The molecule has 88 valence electrons. The minimum atomic E-state index is 0.0494. The first-order valence-electron chi connectivity index (χ1n) is 5.44. The van der Waals surface area contributed by atoms with Gasteiger partial charge in [-0.05, 0) is 31.0 Å². The van der Waals surface area contributed by atoms with Gasteiger partial charge >= 0.3 is 0 Å². The van der Waals surface area contributed by atoms with E-state index >= 15 is 0 Å². The van der Waals surface area contributed by atoms with Crippen LogP contribution in [0.4, 0.5) is 0 Å². The number of carbonyl (C=O) groups is 1. The Kier molecular flexibility index (Phi) is 5.90. The highest BCUT2D eigenvalue weighted by Gasteiger charge is 2.03. The number of hydrogen-bond acceptors (Lipinski definition) is 2. The van der Waals surface area contributed by atoms with E-state index in [0.29, 0.717) is 25.9 Å². The molecule has 0 heterocycles. The van der Waals surface area contributed by atoms with Crippen LogP contribution in [0, 0.1) is 0 Å². The van der Waals surface area contributed by atoms with Crippen molar-refractivity contribution >= 4 is 17.5 Å². The molecule has 3 nitrogen and oxygen atoms in total. The van der Waals surface area contributed by atoms with E-state index in [1.807, 2.05) is 24.3 Å². The lowest BCUT2D eigenvalue weighted by atomic mass is 10.1. The Labute approximate surface area is 101 Å². The van der Waals surface area contributed by atoms with E-state index in [2.05, 4.69) is 5.32 Å². The van der Waals surface area contributed by atoms with Gasteiger partial charge < -0.3 is 11.1 Å². The van der Waals surface area contributed by atoms with Gasteiger partial charge in [-0.3, -0.25) is 4.79 Å². The summed E-state index contributed by atoms with van der Waals surface area (Å²) in [4.78, 5) is 11.4. The summed E-state index contributed by atoms with van der Waals surface area (Å²) in [5.41, 5.74) is 6.34. The van der Waals surface area contributed by atoms with Gasteiger partial charge in [0.2, 0.25) is 5.91 Å². The Hall–Kier alpha value is -1.06. The fraction of sp³-hybridized carbons (Fsp3) is 0.417. The number of nitrogens with one attached hydrogen (secondary N) is 1. The molecule has 16 heavy (non-hydrogen) atoms. The van der Waals surface area contributed by atoms with Crippen LogP contribution in [-0.4, -0.2) is 19.0 Å². The monoisotopic (exact) mass is 240 g/mol. The van der Waals surface area contributed by atoms with Crippen molar-refractivity contribution in [3.63, 3.8) is 0 Å².